The summed E-state index contributed by atoms with van der Waals surface area (Å²) in [4.78, 5) is 9.22. The van der Waals surface area contributed by atoms with Crippen LogP contribution in [0.25, 0.3) is 0 Å². The van der Waals surface area contributed by atoms with Crippen LogP contribution in [0.1, 0.15) is 6.92 Å². The van der Waals surface area contributed by atoms with E-state index < -0.39 is 10.4 Å². The van der Waals surface area contributed by atoms with Crippen LogP contribution in [0.4, 0.5) is 0 Å². The van der Waals surface area contributed by atoms with Crippen molar-refractivity contribution in [3.63, 3.8) is 0 Å². The van der Waals surface area contributed by atoms with Crippen molar-refractivity contribution >= 4 is 45.9 Å². The zero-order chi connectivity index (χ0) is 9.49. The van der Waals surface area contributed by atoms with Gasteiger partial charge in [0.15, 0.2) is 0 Å². The first kappa shape index (κ1) is 17.7. The Balaban J connectivity index is -0.000000142. The molecule has 0 rings (SSSR count). The Labute approximate surface area is 91.7 Å². The quantitative estimate of drug-likeness (QED) is 0.301. The van der Waals surface area contributed by atoms with Crippen LogP contribution in [0.3, 0.4) is 0 Å². The normalized spacial score (nSPS) is 7.75. The van der Waals surface area contributed by atoms with Crippen LogP contribution in [-0.2, 0) is 19.4 Å². The van der Waals surface area contributed by atoms with Gasteiger partial charge in [-0.1, -0.05) is 0 Å². The van der Waals surface area contributed by atoms with Crippen LogP contribution < -0.4 is 5.73 Å². The molecule has 0 aliphatic heterocycles. The molecule has 0 heterocycles. The average molecular weight is 205 g/mol. The van der Waals surface area contributed by atoms with Crippen LogP contribution in [0.2, 0.25) is 0 Å². The van der Waals surface area contributed by atoms with Gasteiger partial charge in [-0.25, -0.2) is 0 Å². The molecule has 1 radical (unpaired) electrons. The second-order valence-electron chi connectivity index (χ2n) is 1.21. The fourth-order valence-electron chi connectivity index (χ4n) is 0.0471. The number of amides is 1. The SMILES string of the molecule is CC(N)=O.N#COS(=O)(=O)O.[Na]. The molecule has 65 valence electrons. The van der Waals surface area contributed by atoms with Crippen LogP contribution in [0.15, 0.2) is 0 Å². The van der Waals surface area contributed by atoms with Crippen molar-refractivity contribution in [3.05, 3.63) is 0 Å². The molecular weight excluding hydrogens is 199 g/mol. The van der Waals surface area contributed by atoms with Gasteiger partial charge in [0.2, 0.25) is 5.91 Å². The second-order valence-corrected chi connectivity index (χ2v) is 2.24. The van der Waals surface area contributed by atoms with E-state index in [2.05, 4.69) is 9.92 Å². The summed E-state index contributed by atoms with van der Waals surface area (Å²) >= 11 is 0. The fourth-order valence-corrected chi connectivity index (χ4v) is 0.141. The van der Waals surface area contributed by atoms with E-state index in [4.69, 9.17) is 9.81 Å². The Bertz CT molecular complexity index is 250. The summed E-state index contributed by atoms with van der Waals surface area (Å²) in [7, 11) is -4.54. The summed E-state index contributed by atoms with van der Waals surface area (Å²) in [5, 5.41) is 7.39. The van der Waals surface area contributed by atoms with Crippen molar-refractivity contribution in [1.29, 1.82) is 5.26 Å². The van der Waals surface area contributed by atoms with Crippen LogP contribution >= 0.6 is 0 Å². The summed E-state index contributed by atoms with van der Waals surface area (Å²) in [6.07, 6.45) is 0.770. The molecule has 9 heteroatoms. The molecule has 0 aromatic carbocycles. The number of carbonyl (C=O) groups excluding carboxylic acids is 1. The fraction of sp³-hybridized carbons (Fsp3) is 0.333. The molecule has 0 aromatic rings. The first-order chi connectivity index (χ1) is 4.79. The van der Waals surface area contributed by atoms with E-state index >= 15 is 0 Å². The van der Waals surface area contributed by atoms with Gasteiger partial charge >= 0.3 is 16.7 Å². The Kier molecular flexibility index (Phi) is 12.9. The van der Waals surface area contributed by atoms with E-state index in [9.17, 15) is 13.2 Å². The maximum absolute atomic E-state index is 9.34. The van der Waals surface area contributed by atoms with Gasteiger partial charge < -0.3 is 5.73 Å². The molecule has 12 heavy (non-hydrogen) atoms. The average Bonchev–Trinajstić information content (AvgIpc) is 1.58. The van der Waals surface area contributed by atoms with Gasteiger partial charge in [0, 0.05) is 36.5 Å². The van der Waals surface area contributed by atoms with Gasteiger partial charge in [-0.15, -0.1) is 5.26 Å². The number of nitriles is 1. The number of primary amides is 1. The zero-order valence-electron chi connectivity index (χ0n) is 6.51. The van der Waals surface area contributed by atoms with Crippen LogP contribution in [-0.4, -0.2) is 48.4 Å². The predicted octanol–water partition coefficient (Wildman–Crippen LogP) is -1.60. The Hall–Kier alpha value is -0.330. The van der Waals surface area contributed by atoms with E-state index in [1.165, 1.54) is 6.92 Å². The topological polar surface area (TPSA) is 130 Å². The molecule has 0 saturated heterocycles. The monoisotopic (exact) mass is 205 g/mol. The van der Waals surface area contributed by atoms with Crippen LogP contribution in [0.5, 0.6) is 0 Å². The van der Waals surface area contributed by atoms with E-state index in [0.717, 1.165) is 6.26 Å². The maximum atomic E-state index is 9.34. The second kappa shape index (κ2) is 8.76. The predicted molar refractivity (Wildman–Crippen MR) is 38.9 cm³/mol. The third kappa shape index (κ3) is 54.0. The van der Waals surface area contributed by atoms with E-state index in [0.29, 0.717) is 0 Å². The first-order valence-electron chi connectivity index (χ1n) is 2.10. The summed E-state index contributed by atoms with van der Waals surface area (Å²) in [6, 6.07) is 0. The number of nitrogens with zero attached hydrogens (tertiary/aromatic N) is 1. The summed E-state index contributed by atoms with van der Waals surface area (Å²) in [5.41, 5.74) is 4.47. The van der Waals surface area contributed by atoms with Gasteiger partial charge in [-0.2, -0.15) is 8.42 Å². The molecule has 0 unspecified atom stereocenters. The van der Waals surface area contributed by atoms with Crippen molar-refractivity contribution in [3.8, 4) is 6.26 Å². The number of nitrogens with two attached hydrogens (primary N) is 1. The Morgan fingerprint density at radius 1 is 1.67 bits per heavy atom. The molecule has 0 aliphatic rings. The molecule has 0 saturated carbocycles. The summed E-state index contributed by atoms with van der Waals surface area (Å²) in [6.45, 7) is 1.31. The van der Waals surface area contributed by atoms with Crippen molar-refractivity contribution in [2.24, 2.45) is 5.73 Å². The van der Waals surface area contributed by atoms with Crippen LogP contribution in [0, 0.1) is 11.5 Å². The van der Waals surface area contributed by atoms with Gasteiger partial charge in [0.25, 0.3) is 0 Å². The maximum Gasteiger partial charge on any atom is 0.456 e. The molecule has 7 nitrogen and oxygen atoms in total. The van der Waals surface area contributed by atoms with Crippen molar-refractivity contribution < 1.29 is 21.9 Å². The third-order valence-electron chi connectivity index (χ3n) is 0.143. The Morgan fingerprint density at radius 2 is 1.92 bits per heavy atom. The van der Waals surface area contributed by atoms with E-state index in [1.807, 2.05) is 0 Å². The molecule has 0 atom stereocenters. The molecule has 0 fully saturated rings. The molecule has 0 aromatic heterocycles. The minimum absolute atomic E-state index is 0. The first-order valence-corrected chi connectivity index (χ1v) is 3.47. The largest absolute Gasteiger partial charge is 0.456 e. The molecule has 0 bridgehead atoms. The summed E-state index contributed by atoms with van der Waals surface area (Å²) in [5.74, 6) is -0.333. The molecule has 0 spiro atoms. The van der Waals surface area contributed by atoms with E-state index in [-0.39, 0.29) is 35.5 Å². The van der Waals surface area contributed by atoms with Gasteiger partial charge in [-0.05, 0) is 0 Å². The minimum atomic E-state index is -4.54. The van der Waals surface area contributed by atoms with E-state index in [1.54, 1.807) is 0 Å². The molecule has 3 N–H and O–H groups in total. The van der Waals surface area contributed by atoms with Crippen molar-refractivity contribution in [2.75, 3.05) is 0 Å². The number of hydrogen-bond acceptors (Lipinski definition) is 5. The number of rotatable bonds is 1. The van der Waals surface area contributed by atoms with Crippen molar-refractivity contribution in [2.45, 2.75) is 6.92 Å². The molecule has 0 aliphatic carbocycles. The van der Waals surface area contributed by atoms with Gasteiger partial charge in [0.05, 0.1) is 0 Å². The van der Waals surface area contributed by atoms with Gasteiger partial charge in [0.1, 0.15) is 0 Å². The Morgan fingerprint density at radius 3 is 1.92 bits per heavy atom. The van der Waals surface area contributed by atoms with Gasteiger partial charge in [-0.3, -0.25) is 13.5 Å². The van der Waals surface area contributed by atoms with Crippen molar-refractivity contribution in [1.82, 2.24) is 0 Å². The minimum Gasteiger partial charge on any atom is -0.370 e. The molecule has 1 amide bonds. The zero-order valence-corrected chi connectivity index (χ0v) is 9.33. The number of carbonyl (C=O) groups is 1. The third-order valence-corrected chi connectivity index (χ3v) is 0.428. The smallest absolute Gasteiger partial charge is 0.370 e. The number of hydrogen-bond donors (Lipinski definition) is 2. The standard InChI is InChI=1S/C2H5NO.CHNO4S.Na/c1-2(3)4;2-1-6-7(3,4)5;/h1H3,(H2,3,4);(H,3,4,5);. The summed E-state index contributed by atoms with van der Waals surface area (Å²) < 4.78 is 29.3. The molecular formula is C3H6N2NaO5S.